The zero-order valence-electron chi connectivity index (χ0n) is 16.1. The zero-order chi connectivity index (χ0) is 17.9. The van der Waals surface area contributed by atoms with Gasteiger partial charge in [0.15, 0.2) is 5.72 Å². The van der Waals surface area contributed by atoms with E-state index < -0.39 is 5.72 Å². The van der Waals surface area contributed by atoms with Gasteiger partial charge in [0, 0.05) is 17.5 Å². The Hall–Kier alpha value is -1.08. The zero-order valence-corrected chi connectivity index (χ0v) is 16.1. The van der Waals surface area contributed by atoms with Crippen molar-refractivity contribution in [3.8, 4) is 6.07 Å². The Bertz CT molecular complexity index is 642. The van der Waals surface area contributed by atoms with E-state index in [-0.39, 0.29) is 11.3 Å². The Labute approximate surface area is 157 Å². The van der Waals surface area contributed by atoms with E-state index in [1.165, 1.54) is 44.9 Å². The summed E-state index contributed by atoms with van der Waals surface area (Å²) >= 11 is 0. The maximum absolute atomic E-state index is 11.9. The number of hydrogen-bond donors (Lipinski definition) is 1. The highest BCUT2D eigenvalue weighted by Gasteiger charge is 2.69. The molecule has 1 N–H and O–H groups in total. The van der Waals surface area contributed by atoms with Gasteiger partial charge in [-0.25, -0.2) is 0 Å². The van der Waals surface area contributed by atoms with Crippen LogP contribution in [0.4, 0.5) is 0 Å². The highest BCUT2D eigenvalue weighted by atomic mass is 16.3. The van der Waals surface area contributed by atoms with Crippen LogP contribution in [0.2, 0.25) is 0 Å². The van der Waals surface area contributed by atoms with Crippen molar-refractivity contribution < 1.29 is 5.11 Å². The third kappa shape index (κ3) is 2.07. The molecular formula is C22H33N3O. The van der Waals surface area contributed by atoms with Crippen LogP contribution in [0.1, 0.15) is 71.1 Å². The van der Waals surface area contributed by atoms with Crippen molar-refractivity contribution in [1.82, 2.24) is 5.01 Å². The first kappa shape index (κ1) is 17.0. The molecule has 4 heteroatoms. The summed E-state index contributed by atoms with van der Waals surface area (Å²) < 4.78 is 0. The molecule has 0 aromatic heterocycles. The first-order valence-electron chi connectivity index (χ1n) is 11.0. The van der Waals surface area contributed by atoms with Crippen LogP contribution in [0.3, 0.4) is 0 Å². The summed E-state index contributed by atoms with van der Waals surface area (Å²) in [6.45, 7) is 2.90. The first-order chi connectivity index (χ1) is 12.6. The smallest absolute Gasteiger partial charge is 0.166 e. The number of nitriles is 1. The average molecular weight is 356 g/mol. The molecule has 0 amide bonds. The molecule has 4 aliphatic carbocycles. The molecular weight excluding hydrogens is 322 g/mol. The van der Waals surface area contributed by atoms with Gasteiger partial charge in [-0.15, -0.1) is 0 Å². The van der Waals surface area contributed by atoms with E-state index >= 15 is 0 Å². The van der Waals surface area contributed by atoms with Crippen LogP contribution in [-0.2, 0) is 0 Å². The second kappa shape index (κ2) is 5.96. The van der Waals surface area contributed by atoms with Gasteiger partial charge in [0.05, 0.1) is 19.0 Å². The second-order valence-electron chi connectivity index (χ2n) is 10.0. The van der Waals surface area contributed by atoms with E-state index in [1.807, 2.05) is 11.2 Å². The number of rotatable bonds is 2. The molecule has 5 aliphatic rings. The lowest BCUT2D eigenvalue weighted by atomic mass is 9.50. The number of fused-ring (bicyclic) bond motifs is 7. The van der Waals surface area contributed by atoms with Crippen LogP contribution < -0.4 is 0 Å². The lowest BCUT2D eigenvalue weighted by molar-refractivity contribution is -0.208. The summed E-state index contributed by atoms with van der Waals surface area (Å²) in [5.41, 5.74) is -0.935. The minimum atomic E-state index is -0.858. The van der Waals surface area contributed by atoms with Gasteiger partial charge in [-0.05, 0) is 68.1 Å². The van der Waals surface area contributed by atoms with Crippen molar-refractivity contribution >= 4 is 6.21 Å². The van der Waals surface area contributed by atoms with Gasteiger partial charge in [0.2, 0.25) is 0 Å². The molecule has 1 heterocycles. The van der Waals surface area contributed by atoms with Gasteiger partial charge in [-0.1, -0.05) is 26.2 Å². The molecule has 142 valence electrons. The normalized spacial score (nSPS) is 52.0. The SMILES string of the molecule is C[C@]12CCC3C4CCCCC4CCC3C1CC1C=NN(CCC#N)C12O. The van der Waals surface area contributed by atoms with Gasteiger partial charge in [-0.2, -0.15) is 10.4 Å². The molecule has 0 aromatic rings. The molecule has 4 nitrogen and oxygen atoms in total. The molecule has 7 unspecified atom stereocenters. The van der Waals surface area contributed by atoms with E-state index in [0.29, 0.717) is 18.9 Å². The minimum absolute atomic E-state index is 0.0771. The molecule has 4 fully saturated rings. The van der Waals surface area contributed by atoms with E-state index in [4.69, 9.17) is 5.26 Å². The second-order valence-corrected chi connectivity index (χ2v) is 10.0. The Balaban J connectivity index is 1.43. The molecule has 1 aliphatic heterocycles. The molecule has 0 radical (unpaired) electrons. The largest absolute Gasteiger partial charge is 0.368 e. The molecule has 0 aromatic carbocycles. The van der Waals surface area contributed by atoms with Gasteiger partial charge in [0.1, 0.15) is 0 Å². The van der Waals surface area contributed by atoms with E-state index in [1.54, 1.807) is 0 Å². The van der Waals surface area contributed by atoms with Crippen LogP contribution in [-0.4, -0.2) is 28.6 Å². The number of hydrazone groups is 1. The third-order valence-electron chi connectivity index (χ3n) is 9.35. The van der Waals surface area contributed by atoms with E-state index in [2.05, 4.69) is 18.1 Å². The van der Waals surface area contributed by atoms with Crippen molar-refractivity contribution in [3.63, 3.8) is 0 Å². The first-order valence-corrected chi connectivity index (χ1v) is 11.0. The fraction of sp³-hybridized carbons (Fsp3) is 0.909. The lowest BCUT2D eigenvalue weighted by Crippen LogP contribution is -2.60. The third-order valence-corrected chi connectivity index (χ3v) is 9.35. The van der Waals surface area contributed by atoms with Gasteiger partial charge < -0.3 is 5.11 Å². The summed E-state index contributed by atoms with van der Waals surface area (Å²) in [5, 5.41) is 27.3. The van der Waals surface area contributed by atoms with Crippen LogP contribution in [0.25, 0.3) is 0 Å². The van der Waals surface area contributed by atoms with Crippen LogP contribution in [0, 0.1) is 52.3 Å². The minimum Gasteiger partial charge on any atom is -0.368 e. The van der Waals surface area contributed by atoms with Crippen LogP contribution in [0.15, 0.2) is 5.10 Å². The Morgan fingerprint density at radius 1 is 1.15 bits per heavy atom. The predicted octanol–water partition coefficient (Wildman–Crippen LogP) is 4.16. The van der Waals surface area contributed by atoms with Gasteiger partial charge in [0.25, 0.3) is 0 Å². The standard InChI is InChI=1S/C22H33N3O/c1-21-10-9-18-17-6-3-2-5-15(17)7-8-19(18)20(21)13-16-14-24-25(12-4-11-23)22(16,21)26/h14-20,26H,2-10,12-13H2,1H3/t15?,16?,17?,18?,19?,20?,21-,22?/m0/s1. The topological polar surface area (TPSA) is 59.6 Å². The fourth-order valence-corrected chi connectivity index (χ4v) is 8.19. The quantitative estimate of drug-likeness (QED) is 0.809. The molecule has 0 bridgehead atoms. The highest BCUT2D eigenvalue weighted by Crippen LogP contribution is 2.68. The van der Waals surface area contributed by atoms with Crippen molar-refractivity contribution in [1.29, 1.82) is 5.26 Å². The molecule has 0 spiro atoms. The monoisotopic (exact) mass is 355 g/mol. The summed E-state index contributed by atoms with van der Waals surface area (Å²) in [4.78, 5) is 0. The van der Waals surface area contributed by atoms with Gasteiger partial charge >= 0.3 is 0 Å². The van der Waals surface area contributed by atoms with Gasteiger partial charge in [-0.3, -0.25) is 5.01 Å². The Morgan fingerprint density at radius 2 is 2.00 bits per heavy atom. The Morgan fingerprint density at radius 3 is 2.85 bits per heavy atom. The number of nitrogens with zero attached hydrogens (tertiary/aromatic N) is 3. The van der Waals surface area contributed by atoms with E-state index in [0.717, 1.165) is 36.5 Å². The van der Waals surface area contributed by atoms with Crippen molar-refractivity contribution in [3.05, 3.63) is 0 Å². The van der Waals surface area contributed by atoms with Crippen LogP contribution in [0.5, 0.6) is 0 Å². The highest BCUT2D eigenvalue weighted by molar-refractivity contribution is 5.66. The average Bonchev–Trinajstić information content (AvgIpc) is 3.10. The van der Waals surface area contributed by atoms with Crippen molar-refractivity contribution in [2.75, 3.05) is 6.54 Å². The number of hydrogen-bond acceptors (Lipinski definition) is 4. The van der Waals surface area contributed by atoms with Crippen molar-refractivity contribution in [2.24, 2.45) is 46.0 Å². The molecule has 4 saturated carbocycles. The maximum atomic E-state index is 11.9. The summed E-state index contributed by atoms with van der Waals surface area (Å²) in [6.07, 6.45) is 14.6. The fourth-order valence-electron chi connectivity index (χ4n) is 8.19. The maximum Gasteiger partial charge on any atom is 0.166 e. The molecule has 0 saturated heterocycles. The Kier molecular flexibility index (Phi) is 3.91. The van der Waals surface area contributed by atoms with Crippen LogP contribution >= 0.6 is 0 Å². The predicted molar refractivity (Wildman–Crippen MR) is 101 cm³/mol. The van der Waals surface area contributed by atoms with E-state index in [9.17, 15) is 5.11 Å². The summed E-state index contributed by atoms with van der Waals surface area (Å²) in [7, 11) is 0. The summed E-state index contributed by atoms with van der Waals surface area (Å²) in [6, 6.07) is 2.23. The van der Waals surface area contributed by atoms with Crippen molar-refractivity contribution in [2.45, 2.75) is 76.9 Å². The molecule has 26 heavy (non-hydrogen) atoms. The lowest BCUT2D eigenvalue weighted by Gasteiger charge is -2.57. The molecule has 8 atom stereocenters. The summed E-state index contributed by atoms with van der Waals surface area (Å²) in [5.74, 6) is 4.43. The molecule has 5 rings (SSSR count). The number of aliphatic hydroxyl groups is 1.